The van der Waals surface area contributed by atoms with Gasteiger partial charge < -0.3 is 37.2 Å². The fourth-order valence-corrected chi connectivity index (χ4v) is 0. The Bertz CT molecular complexity index is 3.25. The van der Waals surface area contributed by atoms with Crippen LogP contribution >= 0.6 is 0 Å². The molecule has 0 atom stereocenters. The molecular weight excluding hydrogens is 344 g/mol. The van der Waals surface area contributed by atoms with Crippen molar-refractivity contribution in [2.45, 2.75) is 0 Å². The number of halogens is 3. The molecule has 0 rings (SSSR count). The maximum Gasteiger partial charge on any atom is 3.00 e. The molecular formula is Cl3U. The summed E-state index contributed by atoms with van der Waals surface area (Å²) in [5.41, 5.74) is 0. The van der Waals surface area contributed by atoms with Gasteiger partial charge in [0.1, 0.15) is 0 Å². The summed E-state index contributed by atoms with van der Waals surface area (Å²) in [6.07, 6.45) is 0. The van der Waals surface area contributed by atoms with E-state index in [2.05, 4.69) is 0 Å². The predicted octanol–water partition coefficient (Wildman–Crippen LogP) is -8.99. The van der Waals surface area contributed by atoms with Crippen LogP contribution in [0.5, 0.6) is 0 Å². The second-order valence-corrected chi connectivity index (χ2v) is 0. The minimum absolute atomic E-state index is 0. The third-order valence-electron chi connectivity index (χ3n) is 0. The van der Waals surface area contributed by atoms with Gasteiger partial charge in [-0.25, -0.2) is 0 Å². The van der Waals surface area contributed by atoms with Crippen LogP contribution in [0.15, 0.2) is 0 Å². The van der Waals surface area contributed by atoms with Crippen LogP contribution in [0.2, 0.25) is 0 Å². The summed E-state index contributed by atoms with van der Waals surface area (Å²) in [6, 6.07) is 0. The van der Waals surface area contributed by atoms with Crippen molar-refractivity contribution in [3.63, 3.8) is 0 Å². The molecule has 0 spiro atoms. The normalized spacial score (nSPS) is 0. The van der Waals surface area contributed by atoms with Crippen LogP contribution in [0.4, 0.5) is 0 Å². The quantitative estimate of drug-likeness (QED) is 0.410. The van der Waals surface area contributed by atoms with Crippen LogP contribution in [-0.2, 0) is 0 Å². The molecule has 0 N–H and O–H groups in total. The molecule has 0 aromatic carbocycles. The molecule has 4 heteroatoms. The van der Waals surface area contributed by atoms with Crippen LogP contribution in [0, 0.1) is 31.1 Å². The zero-order valence-corrected chi connectivity index (χ0v) is 8.07. The second kappa shape index (κ2) is 20.5. The molecule has 0 saturated heterocycles. The topological polar surface area (TPSA) is 0 Å². The van der Waals surface area contributed by atoms with Crippen LogP contribution in [-0.4, -0.2) is 0 Å². The van der Waals surface area contributed by atoms with E-state index < -0.39 is 0 Å². The molecule has 0 aliphatic carbocycles. The summed E-state index contributed by atoms with van der Waals surface area (Å²) in [7, 11) is 0. The first-order valence-corrected chi connectivity index (χ1v) is 0. The zero-order chi connectivity index (χ0) is 0. The van der Waals surface area contributed by atoms with Crippen LogP contribution < -0.4 is 37.2 Å². The van der Waals surface area contributed by atoms with Crippen molar-refractivity contribution in [2.24, 2.45) is 0 Å². The van der Waals surface area contributed by atoms with Gasteiger partial charge in [-0.1, -0.05) is 0 Å². The molecule has 0 nitrogen and oxygen atoms in total. The molecule has 0 saturated carbocycles. The van der Waals surface area contributed by atoms with Gasteiger partial charge in [0.2, 0.25) is 0 Å². The van der Waals surface area contributed by atoms with Crippen molar-refractivity contribution in [3.8, 4) is 0 Å². The Morgan fingerprint density at radius 1 is 0.500 bits per heavy atom. The van der Waals surface area contributed by atoms with Crippen molar-refractivity contribution in [1.29, 1.82) is 0 Å². The molecule has 25 valence electrons. The van der Waals surface area contributed by atoms with Gasteiger partial charge in [0, 0.05) is 0 Å². The van der Waals surface area contributed by atoms with Gasteiger partial charge in [0.05, 0.1) is 0 Å². The monoisotopic (exact) mass is 343 g/mol. The molecule has 0 aliphatic heterocycles. The molecule has 1 radical (unpaired) electrons. The summed E-state index contributed by atoms with van der Waals surface area (Å²) in [5, 5.41) is 0. The molecule has 0 unspecified atom stereocenters. The van der Waals surface area contributed by atoms with Crippen molar-refractivity contribution >= 4 is 0 Å². The summed E-state index contributed by atoms with van der Waals surface area (Å²) >= 11 is 0. The Morgan fingerprint density at radius 3 is 0.500 bits per heavy atom. The summed E-state index contributed by atoms with van der Waals surface area (Å²) in [4.78, 5) is 0. The first-order chi connectivity index (χ1) is 0. The first kappa shape index (κ1) is 38.8. The van der Waals surface area contributed by atoms with E-state index in [1.54, 1.807) is 0 Å². The molecule has 0 bridgehead atoms. The largest absolute Gasteiger partial charge is 3.00 e. The van der Waals surface area contributed by atoms with E-state index in [0.717, 1.165) is 0 Å². The van der Waals surface area contributed by atoms with Gasteiger partial charge in [0.25, 0.3) is 0 Å². The molecule has 0 amide bonds. The fraction of sp³-hybridized carbons (Fsp3) is 0. The van der Waals surface area contributed by atoms with E-state index in [9.17, 15) is 0 Å². The van der Waals surface area contributed by atoms with E-state index in [4.69, 9.17) is 0 Å². The fourth-order valence-electron chi connectivity index (χ4n) is 0. The summed E-state index contributed by atoms with van der Waals surface area (Å²) < 4.78 is 0. The maximum absolute atomic E-state index is 0. The smallest absolute Gasteiger partial charge is 1.00 e. The Balaban J connectivity index is 0. The standard InChI is InChI=1S/3ClH.U/h3*1H;/q;;;+3/p-3. The molecule has 0 aliphatic rings. The average molecular weight is 344 g/mol. The average Bonchev–Trinajstić information content (AvgIpc) is 0. The molecule has 0 aromatic rings. The van der Waals surface area contributed by atoms with E-state index in [-0.39, 0.29) is 68.3 Å². The number of hydrogen-bond acceptors (Lipinski definition) is 0. The number of rotatable bonds is 0. The van der Waals surface area contributed by atoms with Gasteiger partial charge in [-0.2, -0.15) is 0 Å². The first-order valence-electron chi connectivity index (χ1n) is 0. The Kier molecular flexibility index (Phi) is 199. The van der Waals surface area contributed by atoms with Crippen LogP contribution in [0.1, 0.15) is 0 Å². The van der Waals surface area contributed by atoms with E-state index in [1.807, 2.05) is 0 Å². The van der Waals surface area contributed by atoms with Crippen molar-refractivity contribution < 1.29 is 68.3 Å². The van der Waals surface area contributed by atoms with Gasteiger partial charge in [-0.05, 0) is 0 Å². The number of hydrogen-bond donors (Lipinski definition) is 0. The third-order valence-corrected chi connectivity index (χ3v) is 0. The van der Waals surface area contributed by atoms with Crippen molar-refractivity contribution in [1.82, 2.24) is 0 Å². The summed E-state index contributed by atoms with van der Waals surface area (Å²) in [6.45, 7) is 0. The SMILES string of the molecule is [Cl-].[Cl-].[Cl-].[U+3]. The molecule has 4 heavy (non-hydrogen) atoms. The Hall–Kier alpha value is 1.92. The molecule has 0 heterocycles. The van der Waals surface area contributed by atoms with E-state index in [0.29, 0.717) is 0 Å². The van der Waals surface area contributed by atoms with Crippen LogP contribution in [0.25, 0.3) is 0 Å². The zero-order valence-electron chi connectivity index (χ0n) is 1.63. The van der Waals surface area contributed by atoms with Gasteiger partial charge in [0.15, 0.2) is 0 Å². The predicted molar refractivity (Wildman–Crippen MR) is 0 cm³/mol. The van der Waals surface area contributed by atoms with E-state index >= 15 is 0 Å². The van der Waals surface area contributed by atoms with Gasteiger partial charge >= 0.3 is 31.1 Å². The van der Waals surface area contributed by atoms with Crippen LogP contribution in [0.3, 0.4) is 0 Å². The molecule has 0 aromatic heterocycles. The minimum Gasteiger partial charge on any atom is -1.00 e. The van der Waals surface area contributed by atoms with Crippen molar-refractivity contribution in [3.05, 3.63) is 0 Å². The van der Waals surface area contributed by atoms with Crippen molar-refractivity contribution in [2.75, 3.05) is 0 Å². The second-order valence-electron chi connectivity index (χ2n) is 0. The van der Waals surface area contributed by atoms with Gasteiger partial charge in [-0.3, -0.25) is 0 Å². The maximum atomic E-state index is 0. The minimum atomic E-state index is 0. The van der Waals surface area contributed by atoms with E-state index in [1.165, 1.54) is 0 Å². The molecule has 0 fully saturated rings. The Morgan fingerprint density at radius 2 is 0.500 bits per heavy atom. The summed E-state index contributed by atoms with van der Waals surface area (Å²) in [5.74, 6) is 0. The third kappa shape index (κ3) is 9.06. The Labute approximate surface area is 67.7 Å². The van der Waals surface area contributed by atoms with Gasteiger partial charge in [-0.15, -0.1) is 0 Å².